The smallest absolute Gasteiger partial charge is 0.407 e. The summed E-state index contributed by atoms with van der Waals surface area (Å²) in [5, 5.41) is 14.7. The van der Waals surface area contributed by atoms with Crippen molar-refractivity contribution < 1.29 is 19.4 Å². The summed E-state index contributed by atoms with van der Waals surface area (Å²) >= 11 is 1.43. The monoisotopic (exact) mass is 412 g/mol. The topological polar surface area (TPSA) is 95.0 Å². The second-order valence-corrected chi connectivity index (χ2v) is 8.82. The molecule has 2 N–H and O–H groups in total. The summed E-state index contributed by atoms with van der Waals surface area (Å²) in [4.78, 5) is 32.8. The van der Waals surface area contributed by atoms with E-state index in [0.717, 1.165) is 24.5 Å². The fourth-order valence-electron chi connectivity index (χ4n) is 3.06. The largest absolute Gasteiger partial charge is 0.444 e. The number of hydrogen-bond donors (Lipinski definition) is 2. The normalized spacial score (nSPS) is 16.7. The van der Waals surface area contributed by atoms with Gasteiger partial charge in [-0.15, -0.1) is 11.3 Å². The van der Waals surface area contributed by atoms with E-state index in [4.69, 9.17) is 4.74 Å². The van der Waals surface area contributed by atoms with Gasteiger partial charge in [0.25, 0.3) is 5.91 Å². The molecule has 1 saturated heterocycles. The first-order valence-corrected chi connectivity index (χ1v) is 10.7. The SMILES string of the molecule is CCC(CO)N1CCN(C(=O)c2csc(CCNC(=O)OC(C)(C)C)n2)CC1. The third-order valence-electron chi connectivity index (χ3n) is 4.58. The van der Waals surface area contributed by atoms with Gasteiger partial charge in [-0.2, -0.15) is 0 Å². The summed E-state index contributed by atoms with van der Waals surface area (Å²) in [5.41, 5.74) is -0.0663. The summed E-state index contributed by atoms with van der Waals surface area (Å²) < 4.78 is 5.19. The Morgan fingerprint density at radius 1 is 1.32 bits per heavy atom. The molecule has 8 nitrogen and oxygen atoms in total. The molecule has 1 unspecified atom stereocenters. The molecule has 0 spiro atoms. The maximum atomic E-state index is 12.7. The Bertz CT molecular complexity index is 647. The van der Waals surface area contributed by atoms with Crippen molar-refractivity contribution in [2.45, 2.75) is 52.2 Å². The van der Waals surface area contributed by atoms with Crippen LogP contribution in [0.15, 0.2) is 5.38 Å². The van der Waals surface area contributed by atoms with E-state index in [1.807, 2.05) is 25.7 Å². The number of amides is 2. The lowest BCUT2D eigenvalue weighted by Crippen LogP contribution is -2.52. The zero-order valence-corrected chi connectivity index (χ0v) is 18.0. The molecule has 0 radical (unpaired) electrons. The fraction of sp³-hybridized carbons (Fsp3) is 0.737. The highest BCUT2D eigenvalue weighted by atomic mass is 32.1. The molecule has 1 fully saturated rings. The fourth-order valence-corrected chi connectivity index (χ4v) is 3.84. The van der Waals surface area contributed by atoms with Crippen molar-refractivity contribution in [2.24, 2.45) is 0 Å². The van der Waals surface area contributed by atoms with E-state index in [-0.39, 0.29) is 18.6 Å². The van der Waals surface area contributed by atoms with Crippen LogP contribution in [0.1, 0.15) is 49.6 Å². The van der Waals surface area contributed by atoms with Crippen molar-refractivity contribution in [2.75, 3.05) is 39.3 Å². The number of thiazole rings is 1. The van der Waals surface area contributed by atoms with Gasteiger partial charge in [0.15, 0.2) is 0 Å². The number of carbonyl (C=O) groups is 2. The van der Waals surface area contributed by atoms with E-state index in [1.54, 1.807) is 5.38 Å². The number of aliphatic hydroxyl groups is 1. The Balaban J connectivity index is 1.79. The molecule has 1 aliphatic rings. The molecular formula is C19H32N4O4S. The minimum atomic E-state index is -0.525. The van der Waals surface area contributed by atoms with Crippen LogP contribution in [-0.2, 0) is 11.2 Å². The number of rotatable bonds is 7. The summed E-state index contributed by atoms with van der Waals surface area (Å²) in [6.07, 6.45) is 1.00. The number of aliphatic hydroxyl groups excluding tert-OH is 1. The van der Waals surface area contributed by atoms with Crippen LogP contribution in [0.4, 0.5) is 4.79 Å². The summed E-state index contributed by atoms with van der Waals surface area (Å²) in [7, 11) is 0. The van der Waals surface area contributed by atoms with Gasteiger partial charge in [-0.25, -0.2) is 9.78 Å². The summed E-state index contributed by atoms with van der Waals surface area (Å²) in [5.74, 6) is -0.0562. The van der Waals surface area contributed by atoms with Gasteiger partial charge in [-0.1, -0.05) is 6.92 Å². The zero-order chi connectivity index (χ0) is 20.7. The molecule has 0 aromatic carbocycles. The third-order valence-corrected chi connectivity index (χ3v) is 5.49. The first-order valence-electron chi connectivity index (χ1n) is 9.79. The second-order valence-electron chi connectivity index (χ2n) is 7.88. The molecular weight excluding hydrogens is 380 g/mol. The van der Waals surface area contributed by atoms with Crippen LogP contribution in [0.3, 0.4) is 0 Å². The Labute approximate surface area is 170 Å². The first-order chi connectivity index (χ1) is 13.2. The van der Waals surface area contributed by atoms with Crippen molar-refractivity contribution >= 4 is 23.3 Å². The Kier molecular flexibility index (Phi) is 8.21. The van der Waals surface area contributed by atoms with Crippen LogP contribution >= 0.6 is 11.3 Å². The van der Waals surface area contributed by atoms with Crippen LogP contribution < -0.4 is 5.32 Å². The van der Waals surface area contributed by atoms with Gasteiger partial charge < -0.3 is 20.1 Å². The van der Waals surface area contributed by atoms with E-state index in [1.165, 1.54) is 11.3 Å². The van der Waals surface area contributed by atoms with Gasteiger partial charge in [-0.05, 0) is 27.2 Å². The quantitative estimate of drug-likeness (QED) is 0.708. The van der Waals surface area contributed by atoms with E-state index in [2.05, 4.69) is 22.1 Å². The number of carbonyl (C=O) groups excluding carboxylic acids is 2. The van der Waals surface area contributed by atoms with E-state index in [9.17, 15) is 14.7 Å². The van der Waals surface area contributed by atoms with Crippen LogP contribution in [0.25, 0.3) is 0 Å². The number of piperazine rings is 1. The molecule has 1 aromatic rings. The summed E-state index contributed by atoms with van der Waals surface area (Å²) in [6, 6.07) is 0.167. The first kappa shape index (κ1) is 22.6. The Morgan fingerprint density at radius 3 is 2.57 bits per heavy atom. The number of nitrogens with one attached hydrogen (secondary N) is 1. The van der Waals surface area contributed by atoms with Crippen LogP contribution in [0.5, 0.6) is 0 Å². The van der Waals surface area contributed by atoms with Gasteiger partial charge in [0.05, 0.1) is 11.6 Å². The minimum absolute atomic E-state index is 0.0562. The predicted octanol–water partition coefficient (Wildman–Crippen LogP) is 1.74. The number of hydrogen-bond acceptors (Lipinski definition) is 7. The molecule has 1 aromatic heterocycles. The second kappa shape index (κ2) is 10.2. The molecule has 0 bridgehead atoms. The molecule has 158 valence electrons. The number of aromatic nitrogens is 1. The highest BCUT2D eigenvalue weighted by molar-refractivity contribution is 7.09. The maximum Gasteiger partial charge on any atom is 0.407 e. The zero-order valence-electron chi connectivity index (χ0n) is 17.2. The molecule has 1 atom stereocenters. The van der Waals surface area contributed by atoms with Gasteiger partial charge >= 0.3 is 6.09 Å². The lowest BCUT2D eigenvalue weighted by Gasteiger charge is -2.38. The Morgan fingerprint density at radius 2 is 2.00 bits per heavy atom. The highest BCUT2D eigenvalue weighted by Crippen LogP contribution is 2.15. The van der Waals surface area contributed by atoms with Crippen molar-refractivity contribution in [3.8, 4) is 0 Å². The lowest BCUT2D eigenvalue weighted by atomic mass is 10.1. The lowest BCUT2D eigenvalue weighted by molar-refractivity contribution is 0.0467. The van der Waals surface area contributed by atoms with E-state index in [0.29, 0.717) is 31.7 Å². The average Bonchev–Trinajstić information content (AvgIpc) is 3.10. The number of nitrogens with zero attached hydrogens (tertiary/aromatic N) is 3. The number of alkyl carbamates (subject to hydrolysis) is 1. The summed E-state index contributed by atoms with van der Waals surface area (Å²) in [6.45, 7) is 10.9. The molecule has 9 heteroatoms. The van der Waals surface area contributed by atoms with Crippen molar-refractivity contribution in [1.29, 1.82) is 0 Å². The predicted molar refractivity (Wildman–Crippen MR) is 109 cm³/mol. The third kappa shape index (κ3) is 6.72. The van der Waals surface area contributed by atoms with Gasteiger partial charge in [-0.3, -0.25) is 9.69 Å². The molecule has 2 rings (SSSR count). The molecule has 2 amide bonds. The van der Waals surface area contributed by atoms with Crippen molar-refractivity contribution in [1.82, 2.24) is 20.1 Å². The molecule has 0 aliphatic carbocycles. The molecule has 2 heterocycles. The average molecular weight is 413 g/mol. The van der Waals surface area contributed by atoms with Gasteiger partial charge in [0.2, 0.25) is 0 Å². The van der Waals surface area contributed by atoms with Gasteiger partial charge in [0.1, 0.15) is 11.3 Å². The van der Waals surface area contributed by atoms with Gasteiger partial charge in [0, 0.05) is 50.6 Å². The van der Waals surface area contributed by atoms with Crippen LogP contribution in [-0.4, -0.2) is 82.9 Å². The number of ether oxygens (including phenoxy) is 1. The Hall–Kier alpha value is -1.71. The van der Waals surface area contributed by atoms with Crippen LogP contribution in [0.2, 0.25) is 0 Å². The molecule has 0 saturated carbocycles. The van der Waals surface area contributed by atoms with Crippen molar-refractivity contribution in [3.05, 3.63) is 16.1 Å². The highest BCUT2D eigenvalue weighted by Gasteiger charge is 2.26. The minimum Gasteiger partial charge on any atom is -0.444 e. The maximum absolute atomic E-state index is 12.7. The standard InChI is InChI=1S/C19H32N4O4S/c1-5-14(12-24)22-8-10-23(11-9-22)17(25)15-13-28-16(21-15)6-7-20-18(26)27-19(2,3)4/h13-14,24H,5-12H2,1-4H3,(H,20,26). The van der Waals surface area contributed by atoms with E-state index >= 15 is 0 Å². The van der Waals surface area contributed by atoms with E-state index < -0.39 is 11.7 Å². The molecule has 1 aliphatic heterocycles. The molecule has 28 heavy (non-hydrogen) atoms. The van der Waals surface area contributed by atoms with Crippen LogP contribution in [0, 0.1) is 0 Å². The van der Waals surface area contributed by atoms with Crippen molar-refractivity contribution in [3.63, 3.8) is 0 Å².